The van der Waals surface area contributed by atoms with Gasteiger partial charge in [0.2, 0.25) is 0 Å². The lowest BCUT2D eigenvalue weighted by atomic mass is 9.86. The zero-order valence-electron chi connectivity index (χ0n) is 19.4. The maximum Gasteiger partial charge on any atom is 0.321 e. The van der Waals surface area contributed by atoms with E-state index in [1.54, 1.807) is 0 Å². The molecule has 0 radical (unpaired) electrons. The first kappa shape index (κ1) is 26.5. The Bertz CT molecular complexity index is 740. The van der Waals surface area contributed by atoms with Crippen LogP contribution in [0.3, 0.4) is 0 Å². The van der Waals surface area contributed by atoms with Crippen LogP contribution in [0.15, 0.2) is 18.2 Å². The van der Waals surface area contributed by atoms with E-state index in [1.165, 1.54) is 44.9 Å². The minimum Gasteiger partial charge on any atom is -0.492 e. The molecule has 0 saturated heterocycles. The molecule has 1 saturated carbocycles. The van der Waals surface area contributed by atoms with Gasteiger partial charge in [-0.25, -0.2) is 0 Å². The molecule has 0 aliphatic heterocycles. The molecule has 6 nitrogen and oxygen atoms in total. The Morgan fingerprint density at radius 1 is 1.09 bits per heavy atom. The highest BCUT2D eigenvalue weighted by atomic mass is 35.5. The van der Waals surface area contributed by atoms with Gasteiger partial charge in [0.1, 0.15) is 5.75 Å². The summed E-state index contributed by atoms with van der Waals surface area (Å²) in [6, 6.07) is 5.61. The number of hydrogen-bond acceptors (Lipinski definition) is 4. The summed E-state index contributed by atoms with van der Waals surface area (Å²) in [5.41, 5.74) is -0.691. The molecule has 1 aliphatic carbocycles. The van der Waals surface area contributed by atoms with Gasteiger partial charge in [-0.15, -0.1) is 0 Å². The summed E-state index contributed by atoms with van der Waals surface area (Å²) in [6.07, 6.45) is 10.8. The van der Waals surface area contributed by atoms with Crippen molar-refractivity contribution in [2.45, 2.75) is 90.1 Å². The lowest BCUT2D eigenvalue weighted by Gasteiger charge is -2.26. The van der Waals surface area contributed by atoms with Crippen molar-refractivity contribution in [3.05, 3.63) is 28.8 Å². The second kappa shape index (κ2) is 13.0. The maximum absolute atomic E-state index is 11.5. The van der Waals surface area contributed by atoms with Crippen molar-refractivity contribution in [3.63, 3.8) is 0 Å². The van der Waals surface area contributed by atoms with Gasteiger partial charge in [-0.2, -0.15) is 0 Å². The molecule has 2 rings (SSSR count). The van der Waals surface area contributed by atoms with Crippen molar-refractivity contribution in [2.24, 2.45) is 5.41 Å². The molecule has 1 unspecified atom stereocenters. The van der Waals surface area contributed by atoms with E-state index < -0.39 is 17.4 Å². The van der Waals surface area contributed by atoms with Crippen molar-refractivity contribution in [2.75, 3.05) is 13.7 Å². The van der Waals surface area contributed by atoms with Gasteiger partial charge in [-0.3, -0.25) is 14.5 Å². The monoisotopic (exact) mass is 467 g/mol. The van der Waals surface area contributed by atoms with Gasteiger partial charge < -0.3 is 14.9 Å². The molecule has 1 atom stereocenters. The molecule has 1 fully saturated rings. The molecule has 0 spiro atoms. The highest BCUT2D eigenvalue weighted by Gasteiger charge is 2.52. The third kappa shape index (κ3) is 7.38. The standard InChI is InChI=1S/C25H38ClNO5/c1-3-4-5-6-7-8-9-10-15-32-22-12-11-19(16-21(22)26)18-27(2)20-13-14-25(17-20,23(28)29)24(30)31/h11-12,16,20H,3-10,13-15,17-18H2,1-2H3,(H,28,29)(H,30,31). The van der Waals surface area contributed by atoms with E-state index >= 15 is 0 Å². The van der Waals surface area contributed by atoms with Gasteiger partial charge in [0.25, 0.3) is 0 Å². The van der Waals surface area contributed by atoms with Gasteiger partial charge in [-0.1, -0.05) is 69.5 Å². The van der Waals surface area contributed by atoms with Crippen molar-refractivity contribution in [1.29, 1.82) is 0 Å². The molecule has 1 aliphatic rings. The van der Waals surface area contributed by atoms with Crippen LogP contribution in [0.2, 0.25) is 5.02 Å². The summed E-state index contributed by atoms with van der Waals surface area (Å²) < 4.78 is 5.85. The molecule has 1 aromatic rings. The predicted molar refractivity (Wildman–Crippen MR) is 126 cm³/mol. The maximum atomic E-state index is 11.5. The molecule has 7 heteroatoms. The van der Waals surface area contributed by atoms with Crippen LogP contribution >= 0.6 is 11.6 Å². The van der Waals surface area contributed by atoms with E-state index in [1.807, 2.05) is 30.1 Å². The first-order chi connectivity index (χ1) is 15.3. The zero-order chi connectivity index (χ0) is 23.6. The van der Waals surface area contributed by atoms with Gasteiger partial charge in [0, 0.05) is 12.6 Å². The van der Waals surface area contributed by atoms with E-state index in [9.17, 15) is 19.8 Å². The molecule has 0 amide bonds. The second-order valence-electron chi connectivity index (χ2n) is 9.09. The lowest BCUT2D eigenvalue weighted by molar-refractivity contribution is -0.164. The summed E-state index contributed by atoms with van der Waals surface area (Å²) in [7, 11) is 1.89. The molecular weight excluding hydrogens is 430 g/mol. The van der Waals surface area contributed by atoms with Crippen molar-refractivity contribution < 1.29 is 24.5 Å². The number of carbonyl (C=O) groups is 2. The molecular formula is C25H38ClNO5. The van der Waals surface area contributed by atoms with Crippen LogP contribution in [-0.2, 0) is 16.1 Å². The fourth-order valence-corrected chi connectivity index (χ4v) is 4.73. The van der Waals surface area contributed by atoms with Crippen LogP contribution in [0.1, 0.15) is 83.1 Å². The average Bonchev–Trinajstić information content (AvgIpc) is 3.21. The Balaban J connectivity index is 1.76. The number of unbranched alkanes of at least 4 members (excludes halogenated alkanes) is 7. The van der Waals surface area contributed by atoms with Crippen molar-refractivity contribution in [3.8, 4) is 5.75 Å². The Labute approximate surface area is 196 Å². The number of aliphatic carboxylic acids is 2. The normalized spacial score (nSPS) is 17.6. The fraction of sp³-hybridized carbons (Fsp3) is 0.680. The zero-order valence-corrected chi connectivity index (χ0v) is 20.2. The van der Waals surface area contributed by atoms with E-state index in [4.69, 9.17) is 16.3 Å². The summed E-state index contributed by atoms with van der Waals surface area (Å²) >= 11 is 6.41. The molecule has 0 bridgehead atoms. The van der Waals surface area contributed by atoms with E-state index in [-0.39, 0.29) is 18.9 Å². The van der Waals surface area contributed by atoms with Crippen LogP contribution in [0.25, 0.3) is 0 Å². The Morgan fingerprint density at radius 2 is 1.72 bits per heavy atom. The summed E-state index contributed by atoms with van der Waals surface area (Å²) in [6.45, 7) is 3.45. The number of rotatable bonds is 15. The Morgan fingerprint density at radius 3 is 2.28 bits per heavy atom. The molecule has 0 heterocycles. The number of hydrogen-bond donors (Lipinski definition) is 2. The van der Waals surface area contributed by atoms with Crippen molar-refractivity contribution >= 4 is 23.5 Å². The third-order valence-electron chi connectivity index (χ3n) is 6.61. The Hall–Kier alpha value is -1.79. The number of carboxylic acids is 2. The van der Waals surface area contributed by atoms with Gasteiger partial charge in [-0.05, 0) is 50.4 Å². The number of carboxylic acid groups (broad SMARTS) is 2. The molecule has 0 aromatic heterocycles. The largest absolute Gasteiger partial charge is 0.492 e. The summed E-state index contributed by atoms with van der Waals surface area (Å²) in [5, 5.41) is 19.4. The topological polar surface area (TPSA) is 87.1 Å². The van der Waals surface area contributed by atoms with Crippen LogP contribution in [0, 0.1) is 5.41 Å². The van der Waals surface area contributed by atoms with Crippen LogP contribution in [0.4, 0.5) is 0 Å². The number of ether oxygens (including phenoxy) is 1. The van der Waals surface area contributed by atoms with E-state index in [2.05, 4.69) is 6.92 Å². The van der Waals surface area contributed by atoms with Crippen LogP contribution < -0.4 is 4.74 Å². The predicted octanol–water partition coefficient (Wildman–Crippen LogP) is 6.00. The molecule has 180 valence electrons. The van der Waals surface area contributed by atoms with Gasteiger partial charge in [0.05, 0.1) is 11.6 Å². The number of nitrogens with zero attached hydrogens (tertiary/aromatic N) is 1. The minimum atomic E-state index is -1.68. The van der Waals surface area contributed by atoms with Gasteiger partial charge >= 0.3 is 11.9 Å². The quantitative estimate of drug-likeness (QED) is 0.243. The number of benzene rings is 1. The number of halogens is 1. The SMILES string of the molecule is CCCCCCCCCCOc1ccc(CN(C)C2CCC(C(=O)O)(C(=O)O)C2)cc1Cl. The van der Waals surface area contributed by atoms with Crippen LogP contribution in [-0.4, -0.2) is 46.7 Å². The minimum absolute atomic E-state index is 0.0983. The van der Waals surface area contributed by atoms with Crippen LogP contribution in [0.5, 0.6) is 5.75 Å². The second-order valence-corrected chi connectivity index (χ2v) is 9.50. The first-order valence-electron chi connectivity index (χ1n) is 11.9. The summed E-state index contributed by atoms with van der Waals surface area (Å²) in [4.78, 5) is 25.1. The Kier molecular flexibility index (Phi) is 10.8. The van der Waals surface area contributed by atoms with E-state index in [0.717, 1.165) is 12.0 Å². The smallest absolute Gasteiger partial charge is 0.321 e. The van der Waals surface area contributed by atoms with Crippen molar-refractivity contribution in [1.82, 2.24) is 4.90 Å². The van der Waals surface area contributed by atoms with E-state index in [0.29, 0.717) is 30.3 Å². The lowest BCUT2D eigenvalue weighted by Crippen LogP contribution is -2.39. The molecule has 32 heavy (non-hydrogen) atoms. The third-order valence-corrected chi connectivity index (χ3v) is 6.91. The highest BCUT2D eigenvalue weighted by molar-refractivity contribution is 6.32. The summed E-state index contributed by atoms with van der Waals surface area (Å²) in [5.74, 6) is -1.82. The molecule has 1 aromatic carbocycles. The molecule has 2 N–H and O–H groups in total. The average molecular weight is 468 g/mol. The highest BCUT2D eigenvalue weighted by Crippen LogP contribution is 2.41. The van der Waals surface area contributed by atoms with Gasteiger partial charge in [0.15, 0.2) is 5.41 Å². The fourth-order valence-electron chi connectivity index (χ4n) is 4.47. The first-order valence-corrected chi connectivity index (χ1v) is 12.3.